The summed E-state index contributed by atoms with van der Waals surface area (Å²) in [7, 11) is -2.04. The van der Waals surface area contributed by atoms with Crippen LogP contribution in [0.3, 0.4) is 0 Å². The molecule has 0 amide bonds. The molecule has 124 valence electrons. The normalized spacial score (nSPS) is 11.1. The number of anilines is 1. The molecule has 0 heterocycles. The molecule has 5 nitrogen and oxygen atoms in total. The molecule has 6 heteroatoms. The first-order valence-corrected chi connectivity index (χ1v) is 8.91. The summed E-state index contributed by atoms with van der Waals surface area (Å²) in [6, 6.07) is 11.6. The van der Waals surface area contributed by atoms with Gasteiger partial charge < -0.3 is 9.47 Å². The molecule has 0 saturated carbocycles. The van der Waals surface area contributed by atoms with E-state index in [9.17, 15) is 8.42 Å². The lowest BCUT2D eigenvalue weighted by atomic mass is 10.1. The molecule has 0 aliphatic rings. The highest BCUT2D eigenvalue weighted by molar-refractivity contribution is 7.92. The number of hydrogen-bond donors (Lipinski definition) is 1. The average molecular weight is 335 g/mol. The van der Waals surface area contributed by atoms with Crippen LogP contribution in [0.4, 0.5) is 5.69 Å². The van der Waals surface area contributed by atoms with E-state index in [0.29, 0.717) is 18.0 Å². The maximum Gasteiger partial charge on any atom is 0.261 e. The molecule has 0 fully saturated rings. The number of sulfonamides is 1. The van der Waals surface area contributed by atoms with Gasteiger partial charge in [-0.15, -0.1) is 0 Å². The van der Waals surface area contributed by atoms with Crippen molar-refractivity contribution in [1.29, 1.82) is 0 Å². The second kappa shape index (κ2) is 7.37. The second-order valence-electron chi connectivity index (χ2n) is 4.89. The number of nitrogens with one attached hydrogen (secondary N) is 1. The summed E-state index contributed by atoms with van der Waals surface area (Å²) in [5, 5.41) is 0. The first-order valence-electron chi connectivity index (χ1n) is 7.42. The van der Waals surface area contributed by atoms with Crippen LogP contribution in [0.2, 0.25) is 0 Å². The lowest BCUT2D eigenvalue weighted by Crippen LogP contribution is -2.13. The van der Waals surface area contributed by atoms with Crippen molar-refractivity contribution >= 4 is 15.7 Å². The van der Waals surface area contributed by atoms with Gasteiger partial charge in [0.1, 0.15) is 11.5 Å². The number of hydrogen-bond acceptors (Lipinski definition) is 4. The van der Waals surface area contributed by atoms with Gasteiger partial charge in [-0.25, -0.2) is 8.42 Å². The van der Waals surface area contributed by atoms with Gasteiger partial charge in [0, 0.05) is 5.69 Å². The van der Waals surface area contributed by atoms with Crippen LogP contribution in [-0.2, 0) is 16.4 Å². The van der Waals surface area contributed by atoms with Gasteiger partial charge in [0.15, 0.2) is 0 Å². The van der Waals surface area contributed by atoms with Gasteiger partial charge in [-0.1, -0.05) is 6.92 Å². The number of methoxy groups -OCH3 is 1. The predicted octanol–water partition coefficient (Wildman–Crippen LogP) is 3.46. The number of ether oxygens (including phenoxy) is 2. The van der Waals surface area contributed by atoms with E-state index in [0.717, 1.165) is 17.7 Å². The SMILES string of the molecule is CCOc1ccc(S(=O)(=O)Nc2ccc(OC)c(CC)c2)cc1. The maximum atomic E-state index is 12.4. The Bertz CT molecular complexity index is 755. The van der Waals surface area contributed by atoms with Crippen molar-refractivity contribution in [2.45, 2.75) is 25.2 Å². The number of aryl methyl sites for hydroxylation is 1. The van der Waals surface area contributed by atoms with Crippen molar-refractivity contribution in [2.24, 2.45) is 0 Å². The van der Waals surface area contributed by atoms with E-state index in [1.165, 1.54) is 12.1 Å². The van der Waals surface area contributed by atoms with Crippen LogP contribution >= 0.6 is 0 Å². The fourth-order valence-electron chi connectivity index (χ4n) is 2.21. The molecule has 0 unspecified atom stereocenters. The quantitative estimate of drug-likeness (QED) is 0.841. The Morgan fingerprint density at radius 1 is 1.04 bits per heavy atom. The third kappa shape index (κ3) is 4.16. The van der Waals surface area contributed by atoms with Crippen LogP contribution in [0.25, 0.3) is 0 Å². The van der Waals surface area contributed by atoms with E-state index >= 15 is 0 Å². The van der Waals surface area contributed by atoms with Crippen LogP contribution in [0.15, 0.2) is 47.4 Å². The molecule has 0 aliphatic carbocycles. The molecular weight excluding hydrogens is 314 g/mol. The molecule has 23 heavy (non-hydrogen) atoms. The van der Waals surface area contributed by atoms with Crippen LogP contribution in [0.5, 0.6) is 11.5 Å². The highest BCUT2D eigenvalue weighted by Gasteiger charge is 2.15. The lowest BCUT2D eigenvalue weighted by molar-refractivity contribution is 0.340. The zero-order valence-electron chi connectivity index (χ0n) is 13.5. The molecule has 0 saturated heterocycles. The summed E-state index contributed by atoms with van der Waals surface area (Å²) in [6.45, 7) is 4.40. The lowest BCUT2D eigenvalue weighted by Gasteiger charge is -2.12. The molecule has 2 aromatic carbocycles. The van der Waals surface area contributed by atoms with Gasteiger partial charge in [0.05, 0.1) is 18.6 Å². The van der Waals surface area contributed by atoms with E-state index in [1.54, 1.807) is 37.4 Å². The Labute approximate surface area is 137 Å². The highest BCUT2D eigenvalue weighted by atomic mass is 32.2. The Hall–Kier alpha value is -2.21. The molecule has 1 N–H and O–H groups in total. The fourth-order valence-corrected chi connectivity index (χ4v) is 3.26. The summed E-state index contributed by atoms with van der Waals surface area (Å²) >= 11 is 0. The minimum Gasteiger partial charge on any atom is -0.496 e. The summed E-state index contributed by atoms with van der Waals surface area (Å²) in [4.78, 5) is 0.190. The van der Waals surface area contributed by atoms with E-state index in [1.807, 2.05) is 13.8 Å². The molecule has 0 radical (unpaired) electrons. The van der Waals surface area contributed by atoms with Crippen LogP contribution in [-0.4, -0.2) is 22.1 Å². The van der Waals surface area contributed by atoms with Gasteiger partial charge >= 0.3 is 0 Å². The van der Waals surface area contributed by atoms with Gasteiger partial charge in [0.25, 0.3) is 10.0 Å². The Kier molecular flexibility index (Phi) is 5.50. The summed E-state index contributed by atoms with van der Waals surface area (Å²) < 4.78 is 38.0. The Balaban J connectivity index is 2.23. The molecular formula is C17H21NO4S. The van der Waals surface area contributed by atoms with Crippen molar-refractivity contribution in [3.05, 3.63) is 48.0 Å². The Morgan fingerprint density at radius 2 is 1.74 bits per heavy atom. The van der Waals surface area contributed by atoms with Crippen LogP contribution < -0.4 is 14.2 Å². The first kappa shape index (κ1) is 17.1. The second-order valence-corrected chi connectivity index (χ2v) is 6.57. The third-order valence-corrected chi connectivity index (χ3v) is 4.76. The van der Waals surface area contributed by atoms with Crippen molar-refractivity contribution in [2.75, 3.05) is 18.4 Å². The zero-order chi connectivity index (χ0) is 16.9. The first-order chi connectivity index (χ1) is 11.0. The molecule has 0 atom stereocenters. The van der Waals surface area contributed by atoms with Gasteiger partial charge in [-0.05, 0) is 61.4 Å². The van der Waals surface area contributed by atoms with E-state index in [4.69, 9.17) is 9.47 Å². The largest absolute Gasteiger partial charge is 0.496 e. The van der Waals surface area contributed by atoms with Crippen molar-refractivity contribution < 1.29 is 17.9 Å². The minimum absolute atomic E-state index is 0.190. The molecule has 0 aliphatic heterocycles. The van der Waals surface area contributed by atoms with E-state index in [-0.39, 0.29) is 4.90 Å². The van der Waals surface area contributed by atoms with Crippen LogP contribution in [0, 0.1) is 0 Å². The standard InChI is InChI=1S/C17H21NO4S/c1-4-13-12-14(6-11-17(13)21-3)18-23(19,20)16-9-7-15(8-10-16)22-5-2/h6-12,18H,4-5H2,1-3H3. The zero-order valence-corrected chi connectivity index (χ0v) is 14.3. The summed E-state index contributed by atoms with van der Waals surface area (Å²) in [6.07, 6.45) is 0.752. The fraction of sp³-hybridized carbons (Fsp3) is 0.294. The van der Waals surface area contributed by atoms with E-state index < -0.39 is 10.0 Å². The average Bonchev–Trinajstić information content (AvgIpc) is 2.55. The smallest absolute Gasteiger partial charge is 0.261 e. The molecule has 2 aromatic rings. The summed E-state index contributed by atoms with van der Waals surface area (Å²) in [5.74, 6) is 1.39. The van der Waals surface area contributed by atoms with Gasteiger partial charge in [-0.3, -0.25) is 4.72 Å². The van der Waals surface area contributed by atoms with Crippen molar-refractivity contribution in [3.63, 3.8) is 0 Å². The predicted molar refractivity (Wildman–Crippen MR) is 90.8 cm³/mol. The molecule has 0 aromatic heterocycles. The molecule has 0 bridgehead atoms. The molecule has 2 rings (SSSR count). The maximum absolute atomic E-state index is 12.4. The Morgan fingerprint density at radius 3 is 2.30 bits per heavy atom. The van der Waals surface area contributed by atoms with E-state index in [2.05, 4.69) is 4.72 Å². The number of rotatable bonds is 7. The number of benzene rings is 2. The van der Waals surface area contributed by atoms with Crippen molar-refractivity contribution in [1.82, 2.24) is 0 Å². The van der Waals surface area contributed by atoms with Gasteiger partial charge in [-0.2, -0.15) is 0 Å². The monoisotopic (exact) mass is 335 g/mol. The molecule has 0 spiro atoms. The van der Waals surface area contributed by atoms with Crippen LogP contribution in [0.1, 0.15) is 19.4 Å². The topological polar surface area (TPSA) is 64.6 Å². The summed E-state index contributed by atoms with van der Waals surface area (Å²) in [5.41, 5.74) is 1.45. The third-order valence-electron chi connectivity index (χ3n) is 3.36. The van der Waals surface area contributed by atoms with Gasteiger partial charge in [0.2, 0.25) is 0 Å². The highest BCUT2D eigenvalue weighted by Crippen LogP contribution is 2.25. The van der Waals surface area contributed by atoms with Crippen molar-refractivity contribution in [3.8, 4) is 11.5 Å². The minimum atomic E-state index is -3.64.